The van der Waals surface area contributed by atoms with Crippen molar-refractivity contribution in [1.29, 1.82) is 0 Å². The zero-order chi connectivity index (χ0) is 32.6. The van der Waals surface area contributed by atoms with Gasteiger partial charge in [-0.2, -0.15) is 0 Å². The highest BCUT2D eigenvalue weighted by molar-refractivity contribution is 6.30. The van der Waals surface area contributed by atoms with Crippen molar-refractivity contribution in [3.63, 3.8) is 0 Å². The Kier molecular flexibility index (Phi) is 10.7. The number of carbonyl (C=O) groups is 2. The predicted octanol–water partition coefficient (Wildman–Crippen LogP) is 4.96. The molecule has 0 unspecified atom stereocenters. The number of halogens is 1. The molecule has 4 aliphatic heterocycles. The zero-order valence-corrected chi connectivity index (χ0v) is 29.8. The number of carbonyl (C=O) groups excluding carboxylic acids is 2. The minimum Gasteiger partial charge on any atom is -0.368 e. The van der Waals surface area contributed by atoms with Crippen molar-refractivity contribution in [2.75, 3.05) is 66.0 Å². The number of hydrogen-bond donors (Lipinski definition) is 0. The van der Waals surface area contributed by atoms with Crippen LogP contribution in [0.15, 0.2) is 24.3 Å². The number of amides is 2. The fraction of sp³-hybridized carbons (Fsp3) is 0.784. The van der Waals surface area contributed by atoms with Crippen molar-refractivity contribution in [2.45, 2.75) is 108 Å². The van der Waals surface area contributed by atoms with Gasteiger partial charge in [0, 0.05) is 87.5 Å². The largest absolute Gasteiger partial charge is 0.368 e. The van der Waals surface area contributed by atoms with Crippen LogP contribution in [0.5, 0.6) is 0 Å². The van der Waals surface area contributed by atoms with E-state index in [2.05, 4.69) is 71.4 Å². The third-order valence-electron chi connectivity index (χ3n) is 11.9. The second-order valence-corrected chi connectivity index (χ2v) is 16.6. The molecule has 8 nitrogen and oxygen atoms in total. The van der Waals surface area contributed by atoms with Crippen LogP contribution in [0.1, 0.15) is 84.1 Å². The Bertz CT molecular complexity index is 1180. The number of hydrogen-bond acceptors (Lipinski definition) is 6. The van der Waals surface area contributed by atoms with Gasteiger partial charge >= 0.3 is 0 Å². The molecule has 256 valence electrons. The van der Waals surface area contributed by atoms with Crippen LogP contribution in [-0.4, -0.2) is 132 Å². The molecule has 5 atom stereocenters. The predicted molar refractivity (Wildman–Crippen MR) is 184 cm³/mol. The lowest BCUT2D eigenvalue weighted by Gasteiger charge is -2.41. The summed E-state index contributed by atoms with van der Waals surface area (Å²) in [5.74, 6) is 1.87. The molecule has 0 radical (unpaired) electrons. The maximum absolute atomic E-state index is 14.4. The van der Waals surface area contributed by atoms with Crippen LogP contribution in [0.2, 0.25) is 5.02 Å². The molecule has 5 aliphatic rings. The Labute approximate surface area is 282 Å². The molecule has 1 aromatic rings. The average molecular weight is 656 g/mol. The van der Waals surface area contributed by atoms with E-state index in [1.54, 1.807) is 0 Å². The van der Waals surface area contributed by atoms with Crippen molar-refractivity contribution in [1.82, 2.24) is 24.5 Å². The molecule has 4 saturated heterocycles. The second-order valence-electron chi connectivity index (χ2n) is 16.1. The van der Waals surface area contributed by atoms with Crippen molar-refractivity contribution in [2.24, 2.45) is 11.8 Å². The molecule has 5 fully saturated rings. The highest BCUT2D eigenvalue weighted by Gasteiger charge is 2.48. The van der Waals surface area contributed by atoms with Gasteiger partial charge in [0.15, 0.2) is 0 Å². The molecular formula is C37H58ClN5O3. The highest BCUT2D eigenvalue weighted by atomic mass is 35.5. The van der Waals surface area contributed by atoms with E-state index < -0.39 is 0 Å². The van der Waals surface area contributed by atoms with E-state index in [-0.39, 0.29) is 41.6 Å². The fourth-order valence-electron chi connectivity index (χ4n) is 8.89. The van der Waals surface area contributed by atoms with Crippen molar-refractivity contribution < 1.29 is 14.3 Å². The molecular weight excluding hydrogens is 598 g/mol. The van der Waals surface area contributed by atoms with Gasteiger partial charge in [-0.15, -0.1) is 0 Å². The van der Waals surface area contributed by atoms with Crippen LogP contribution in [0.3, 0.4) is 0 Å². The number of likely N-dealkylation sites (tertiary alicyclic amines) is 2. The number of nitrogens with zero attached hydrogens (tertiary/aromatic N) is 5. The summed E-state index contributed by atoms with van der Waals surface area (Å²) in [5, 5.41) is 0.763. The van der Waals surface area contributed by atoms with Crippen LogP contribution < -0.4 is 0 Å². The fourth-order valence-corrected chi connectivity index (χ4v) is 9.01. The van der Waals surface area contributed by atoms with Gasteiger partial charge in [-0.3, -0.25) is 19.4 Å². The quantitative estimate of drug-likeness (QED) is 0.414. The Morgan fingerprint density at radius 3 is 2.26 bits per heavy atom. The summed E-state index contributed by atoms with van der Waals surface area (Å²) >= 11 is 6.32. The lowest BCUT2D eigenvalue weighted by Crippen LogP contribution is -2.53. The Balaban J connectivity index is 1.29. The van der Waals surface area contributed by atoms with Gasteiger partial charge in [0.25, 0.3) is 5.91 Å². The summed E-state index contributed by atoms with van der Waals surface area (Å²) in [6, 6.07) is 8.48. The first kappa shape index (κ1) is 34.2. The van der Waals surface area contributed by atoms with Gasteiger partial charge in [-0.05, 0) is 102 Å². The Morgan fingerprint density at radius 2 is 1.63 bits per heavy atom. The summed E-state index contributed by atoms with van der Waals surface area (Å²) in [5.41, 5.74) is 1.38. The van der Waals surface area contributed by atoms with E-state index in [4.69, 9.17) is 16.3 Å². The standard InChI is InChI=1S/C37H58ClN5O3/c1-26-8-14-30(15-9-26)43(36(45)34-7-6-20-46-34)31-21-33(35(44)40-18-16-39(5)17-19-40)41(24-31)22-28-23-42(37(2,3)4)25-32(28)27-10-12-29(38)13-11-27/h10-13,26,28,30-34H,6-9,14-25H2,1-5H3/t26?,28-,30?,31+,32+,33+,34+/m1/s1. The minimum atomic E-state index is -0.329. The molecule has 46 heavy (non-hydrogen) atoms. The van der Waals surface area contributed by atoms with E-state index in [0.29, 0.717) is 24.4 Å². The molecule has 2 amide bonds. The number of ether oxygens (including phenoxy) is 1. The van der Waals surface area contributed by atoms with E-state index in [1.807, 2.05) is 12.1 Å². The molecule has 9 heteroatoms. The summed E-state index contributed by atoms with van der Waals surface area (Å²) in [6.45, 7) is 16.9. The molecule has 0 bridgehead atoms. The first-order valence-electron chi connectivity index (χ1n) is 18.1. The maximum Gasteiger partial charge on any atom is 0.252 e. The van der Waals surface area contributed by atoms with Gasteiger partial charge < -0.3 is 19.4 Å². The van der Waals surface area contributed by atoms with E-state index in [9.17, 15) is 9.59 Å². The summed E-state index contributed by atoms with van der Waals surface area (Å²) in [6.07, 6.45) is 6.57. The summed E-state index contributed by atoms with van der Waals surface area (Å²) in [7, 11) is 2.14. The van der Waals surface area contributed by atoms with Gasteiger partial charge in [0.2, 0.25) is 5.91 Å². The van der Waals surface area contributed by atoms with E-state index in [1.165, 1.54) is 5.56 Å². The smallest absolute Gasteiger partial charge is 0.252 e. The summed E-state index contributed by atoms with van der Waals surface area (Å²) < 4.78 is 6.00. The van der Waals surface area contributed by atoms with Crippen LogP contribution in [-0.2, 0) is 14.3 Å². The maximum atomic E-state index is 14.4. The van der Waals surface area contributed by atoms with Gasteiger partial charge in [-0.1, -0.05) is 30.7 Å². The van der Waals surface area contributed by atoms with Gasteiger partial charge in [0.05, 0.1) is 6.04 Å². The highest BCUT2D eigenvalue weighted by Crippen LogP contribution is 2.40. The second kappa shape index (κ2) is 14.4. The molecule has 0 aromatic heterocycles. The first-order valence-corrected chi connectivity index (χ1v) is 18.5. The zero-order valence-electron chi connectivity index (χ0n) is 29.0. The van der Waals surface area contributed by atoms with Crippen LogP contribution in [0.25, 0.3) is 0 Å². The molecule has 0 spiro atoms. The monoisotopic (exact) mass is 655 g/mol. The van der Waals surface area contributed by atoms with Gasteiger partial charge in [0.1, 0.15) is 6.10 Å². The molecule has 6 rings (SSSR count). The molecule has 0 N–H and O–H groups in total. The van der Waals surface area contributed by atoms with Crippen molar-refractivity contribution in [3.05, 3.63) is 34.9 Å². The van der Waals surface area contributed by atoms with Crippen LogP contribution >= 0.6 is 11.6 Å². The first-order chi connectivity index (χ1) is 22.0. The lowest BCUT2D eigenvalue weighted by molar-refractivity contribution is -0.147. The van der Waals surface area contributed by atoms with E-state index >= 15 is 0 Å². The van der Waals surface area contributed by atoms with Gasteiger partial charge in [-0.25, -0.2) is 0 Å². The Morgan fingerprint density at radius 1 is 0.935 bits per heavy atom. The average Bonchev–Trinajstić information content (AvgIpc) is 3.80. The van der Waals surface area contributed by atoms with Crippen molar-refractivity contribution in [3.8, 4) is 0 Å². The molecule has 4 heterocycles. The topological polar surface area (TPSA) is 59.6 Å². The van der Waals surface area contributed by atoms with Crippen molar-refractivity contribution >= 4 is 23.4 Å². The third-order valence-corrected chi connectivity index (χ3v) is 12.1. The molecule has 1 aliphatic carbocycles. The lowest BCUT2D eigenvalue weighted by atomic mass is 9.85. The van der Waals surface area contributed by atoms with Crippen LogP contribution in [0.4, 0.5) is 0 Å². The number of benzene rings is 1. The number of piperazine rings is 1. The van der Waals surface area contributed by atoms with E-state index in [0.717, 1.165) is 102 Å². The molecule has 1 saturated carbocycles. The normalized spacial score (nSPS) is 33.5. The molecule has 1 aromatic carbocycles. The Hall–Kier alpha value is -1.71. The third kappa shape index (κ3) is 7.62. The SMILES string of the molecule is CC1CCC(N(C(=O)[C@@H]2CCCO2)[C@H]2C[C@@H](C(=O)N3CCN(C)CC3)N(C[C@@H]3CN(C(C)(C)C)C[C@H]3c3ccc(Cl)cc3)C2)CC1. The minimum absolute atomic E-state index is 0.0330. The van der Waals surface area contributed by atoms with Crippen LogP contribution in [0, 0.1) is 11.8 Å². The number of likely N-dealkylation sites (N-methyl/N-ethyl adjacent to an activating group) is 1. The summed E-state index contributed by atoms with van der Waals surface area (Å²) in [4.78, 5) is 40.4. The number of rotatable bonds is 7.